The van der Waals surface area contributed by atoms with Crippen LogP contribution in [0.1, 0.15) is 25.6 Å². The number of rotatable bonds is 4. The second kappa shape index (κ2) is 5.72. The first-order valence-electron chi connectivity index (χ1n) is 7.26. The Morgan fingerprint density at radius 3 is 2.64 bits per heavy atom. The monoisotopic (exact) mass is 299 g/mol. The molecular weight excluding hydrogens is 281 g/mol. The molecule has 4 heteroatoms. The lowest BCUT2D eigenvalue weighted by Gasteiger charge is -2.15. The zero-order valence-corrected chi connectivity index (χ0v) is 12.6. The predicted octanol–water partition coefficient (Wildman–Crippen LogP) is 4.65. The molecule has 0 radical (unpaired) electrons. The van der Waals surface area contributed by atoms with Gasteiger partial charge in [-0.25, -0.2) is 4.39 Å². The van der Waals surface area contributed by atoms with E-state index >= 15 is 0 Å². The molecule has 1 N–H and O–H groups in total. The molecule has 114 valence electrons. The fourth-order valence-electron chi connectivity index (χ4n) is 2.72. The average Bonchev–Trinajstić information content (AvgIpc) is 2.85. The van der Waals surface area contributed by atoms with Gasteiger partial charge in [-0.2, -0.15) is 0 Å². The van der Waals surface area contributed by atoms with Crippen LogP contribution in [0.15, 0.2) is 48.5 Å². The fourth-order valence-corrected chi connectivity index (χ4v) is 2.72. The third kappa shape index (κ3) is 2.64. The molecule has 1 aromatic heterocycles. The van der Waals surface area contributed by atoms with Gasteiger partial charge in [-0.1, -0.05) is 12.1 Å². The van der Waals surface area contributed by atoms with Gasteiger partial charge < -0.3 is 14.4 Å². The van der Waals surface area contributed by atoms with Crippen LogP contribution in [-0.4, -0.2) is 9.67 Å². The molecule has 0 saturated heterocycles. The van der Waals surface area contributed by atoms with Gasteiger partial charge in [0.1, 0.15) is 23.9 Å². The maximum atomic E-state index is 14.0. The van der Waals surface area contributed by atoms with Crippen LogP contribution < -0.4 is 4.74 Å². The van der Waals surface area contributed by atoms with E-state index in [2.05, 4.69) is 18.4 Å². The van der Waals surface area contributed by atoms with E-state index in [-0.39, 0.29) is 17.6 Å². The molecule has 0 saturated carbocycles. The smallest absolute Gasteiger partial charge is 0.132 e. The fraction of sp³-hybridized carbons (Fsp3) is 0.222. The Labute approximate surface area is 128 Å². The van der Waals surface area contributed by atoms with Crippen molar-refractivity contribution in [1.29, 1.82) is 0 Å². The minimum Gasteiger partial charge on any atom is -0.508 e. The number of benzene rings is 2. The molecular formula is C18H18FNO2. The van der Waals surface area contributed by atoms with Crippen LogP contribution >= 0.6 is 0 Å². The second-order valence-corrected chi connectivity index (χ2v) is 5.56. The third-order valence-electron chi connectivity index (χ3n) is 3.63. The SMILES string of the molecule is CC(C)n1c(COc2cccc(O)c2)cc2c(F)cccc21. The summed E-state index contributed by atoms with van der Waals surface area (Å²) in [6.45, 7) is 4.43. The first-order chi connectivity index (χ1) is 10.6. The van der Waals surface area contributed by atoms with Crippen molar-refractivity contribution >= 4 is 10.9 Å². The molecule has 1 heterocycles. The van der Waals surface area contributed by atoms with Gasteiger partial charge in [0.2, 0.25) is 0 Å². The molecule has 0 spiro atoms. The number of aromatic nitrogens is 1. The van der Waals surface area contributed by atoms with E-state index in [4.69, 9.17) is 4.74 Å². The zero-order valence-electron chi connectivity index (χ0n) is 12.6. The number of hydrogen-bond acceptors (Lipinski definition) is 2. The average molecular weight is 299 g/mol. The largest absolute Gasteiger partial charge is 0.508 e. The van der Waals surface area contributed by atoms with E-state index in [1.165, 1.54) is 6.07 Å². The first kappa shape index (κ1) is 14.4. The molecule has 22 heavy (non-hydrogen) atoms. The van der Waals surface area contributed by atoms with Crippen molar-refractivity contribution in [3.8, 4) is 11.5 Å². The van der Waals surface area contributed by atoms with Gasteiger partial charge in [0.25, 0.3) is 0 Å². The summed E-state index contributed by atoms with van der Waals surface area (Å²) in [6.07, 6.45) is 0. The number of phenolic OH excluding ortho intramolecular Hbond substituents is 1. The number of nitrogens with zero attached hydrogens (tertiary/aromatic N) is 1. The summed E-state index contributed by atoms with van der Waals surface area (Å²) in [7, 11) is 0. The molecule has 0 aliphatic carbocycles. The van der Waals surface area contributed by atoms with Gasteiger partial charge in [-0.05, 0) is 44.2 Å². The van der Waals surface area contributed by atoms with Crippen LogP contribution in [0.2, 0.25) is 0 Å². The molecule has 3 nitrogen and oxygen atoms in total. The summed E-state index contributed by atoms with van der Waals surface area (Å²) in [5.41, 5.74) is 1.77. The summed E-state index contributed by atoms with van der Waals surface area (Å²) in [4.78, 5) is 0. The molecule has 0 aliphatic heterocycles. The van der Waals surface area contributed by atoms with E-state index in [1.54, 1.807) is 30.3 Å². The Kier molecular flexibility index (Phi) is 3.75. The van der Waals surface area contributed by atoms with E-state index < -0.39 is 0 Å². The van der Waals surface area contributed by atoms with Crippen LogP contribution in [0.25, 0.3) is 10.9 Å². The summed E-state index contributed by atoms with van der Waals surface area (Å²) in [5.74, 6) is 0.518. The first-order valence-corrected chi connectivity index (χ1v) is 7.26. The molecule has 0 aliphatic rings. The highest BCUT2D eigenvalue weighted by atomic mass is 19.1. The number of hydrogen-bond donors (Lipinski definition) is 1. The normalized spacial score (nSPS) is 11.3. The number of aromatic hydroxyl groups is 1. The van der Waals surface area contributed by atoms with Crippen LogP contribution in [-0.2, 0) is 6.61 Å². The standard InChI is InChI=1S/C18H18FNO2/c1-12(2)20-13(9-16-17(19)7-4-8-18(16)20)11-22-15-6-3-5-14(21)10-15/h3-10,12,21H,11H2,1-2H3. The summed E-state index contributed by atoms with van der Waals surface area (Å²) < 4.78 is 21.8. The van der Waals surface area contributed by atoms with E-state index in [1.807, 2.05) is 12.1 Å². The number of phenols is 1. The lowest BCUT2D eigenvalue weighted by Crippen LogP contribution is -2.08. The molecule has 2 aromatic carbocycles. The quantitative estimate of drug-likeness (QED) is 0.761. The van der Waals surface area contributed by atoms with Crippen molar-refractivity contribution in [2.45, 2.75) is 26.5 Å². The van der Waals surface area contributed by atoms with Crippen LogP contribution in [0.4, 0.5) is 4.39 Å². The Balaban J connectivity index is 1.96. The molecule has 3 rings (SSSR count). The van der Waals surface area contributed by atoms with Crippen molar-refractivity contribution in [1.82, 2.24) is 4.57 Å². The molecule has 0 unspecified atom stereocenters. The van der Waals surface area contributed by atoms with Crippen molar-refractivity contribution < 1.29 is 14.2 Å². The minimum absolute atomic E-state index is 0.160. The van der Waals surface area contributed by atoms with Crippen molar-refractivity contribution in [2.75, 3.05) is 0 Å². The van der Waals surface area contributed by atoms with Crippen molar-refractivity contribution in [3.63, 3.8) is 0 Å². The second-order valence-electron chi connectivity index (χ2n) is 5.56. The Morgan fingerprint density at radius 1 is 1.14 bits per heavy atom. The molecule has 0 amide bonds. The van der Waals surface area contributed by atoms with Crippen molar-refractivity contribution in [2.24, 2.45) is 0 Å². The summed E-state index contributed by atoms with van der Waals surface area (Å²) >= 11 is 0. The lowest BCUT2D eigenvalue weighted by atomic mass is 10.2. The highest BCUT2D eigenvalue weighted by molar-refractivity contribution is 5.82. The van der Waals surface area contributed by atoms with Gasteiger partial charge in [-0.3, -0.25) is 0 Å². The topological polar surface area (TPSA) is 34.4 Å². The van der Waals surface area contributed by atoms with Gasteiger partial charge in [0.05, 0.1) is 11.2 Å². The number of ether oxygens (including phenoxy) is 1. The van der Waals surface area contributed by atoms with Gasteiger partial charge >= 0.3 is 0 Å². The van der Waals surface area contributed by atoms with Crippen molar-refractivity contribution in [3.05, 3.63) is 60.0 Å². The molecule has 3 aromatic rings. The van der Waals surface area contributed by atoms with E-state index in [9.17, 15) is 9.50 Å². The molecule has 0 bridgehead atoms. The summed E-state index contributed by atoms with van der Waals surface area (Å²) in [5, 5.41) is 10.1. The van der Waals surface area contributed by atoms with Crippen LogP contribution in [0.3, 0.4) is 0 Å². The van der Waals surface area contributed by atoms with Gasteiger partial charge in [-0.15, -0.1) is 0 Å². The Bertz CT molecular complexity index is 808. The van der Waals surface area contributed by atoms with E-state index in [0.29, 0.717) is 17.7 Å². The highest BCUT2D eigenvalue weighted by Crippen LogP contribution is 2.27. The van der Waals surface area contributed by atoms with Crippen LogP contribution in [0, 0.1) is 5.82 Å². The maximum Gasteiger partial charge on any atom is 0.132 e. The molecule has 0 atom stereocenters. The Hall–Kier alpha value is -2.49. The van der Waals surface area contributed by atoms with E-state index in [0.717, 1.165) is 11.2 Å². The highest BCUT2D eigenvalue weighted by Gasteiger charge is 2.14. The Morgan fingerprint density at radius 2 is 1.91 bits per heavy atom. The summed E-state index contributed by atoms with van der Waals surface area (Å²) in [6, 6.07) is 13.8. The number of halogens is 1. The van der Waals surface area contributed by atoms with Crippen LogP contribution in [0.5, 0.6) is 11.5 Å². The third-order valence-corrected chi connectivity index (χ3v) is 3.63. The zero-order chi connectivity index (χ0) is 15.7. The van der Waals surface area contributed by atoms with Gasteiger partial charge in [0, 0.05) is 17.5 Å². The van der Waals surface area contributed by atoms with Gasteiger partial charge in [0.15, 0.2) is 0 Å². The predicted molar refractivity (Wildman–Crippen MR) is 84.7 cm³/mol. The lowest BCUT2D eigenvalue weighted by molar-refractivity contribution is 0.291. The maximum absolute atomic E-state index is 14.0. The minimum atomic E-state index is -0.226. The molecule has 0 fully saturated rings. The number of fused-ring (bicyclic) bond motifs is 1.